The smallest absolute Gasteiger partial charge is 0.258 e. The fourth-order valence-electron chi connectivity index (χ4n) is 3.30. The quantitative estimate of drug-likeness (QED) is 0.799. The van der Waals surface area contributed by atoms with E-state index in [2.05, 4.69) is 10.6 Å². The first-order chi connectivity index (χ1) is 13.8. The molecule has 0 atom stereocenters. The van der Waals surface area contributed by atoms with Gasteiger partial charge < -0.3 is 15.5 Å². The molecule has 1 aliphatic heterocycles. The molecule has 29 heavy (non-hydrogen) atoms. The van der Waals surface area contributed by atoms with Gasteiger partial charge in [0.05, 0.1) is 10.6 Å². The van der Waals surface area contributed by atoms with Crippen LogP contribution < -0.4 is 10.6 Å². The fourth-order valence-corrected chi connectivity index (χ4v) is 3.54. The van der Waals surface area contributed by atoms with E-state index >= 15 is 0 Å². The Bertz CT molecular complexity index is 922. The average molecular weight is 418 g/mol. The Morgan fingerprint density at radius 2 is 1.79 bits per heavy atom. The van der Waals surface area contributed by atoms with Crippen molar-refractivity contribution in [2.45, 2.75) is 25.8 Å². The van der Waals surface area contributed by atoms with Crippen molar-refractivity contribution < 1.29 is 18.8 Å². The summed E-state index contributed by atoms with van der Waals surface area (Å²) < 4.78 is 14.0. The lowest BCUT2D eigenvalue weighted by atomic mass is 10.0. The zero-order valence-corrected chi connectivity index (χ0v) is 16.6. The van der Waals surface area contributed by atoms with Crippen LogP contribution in [0.2, 0.25) is 5.02 Å². The van der Waals surface area contributed by atoms with Crippen LogP contribution in [0.15, 0.2) is 42.5 Å². The standard InChI is InChI=1S/C21H21ClFN3O3/c1-13(27)24-16-5-2-4-14(12-16)20(28)25-15-8-10-26(11-9-15)21(29)19-17(22)6-3-7-18(19)23/h2-7,12,15H,8-11H2,1H3,(H,24,27)(H,25,28). The number of hydrogen-bond acceptors (Lipinski definition) is 3. The molecule has 1 aliphatic rings. The Hall–Kier alpha value is -2.93. The zero-order chi connectivity index (χ0) is 21.0. The molecule has 2 aromatic rings. The molecule has 0 aromatic heterocycles. The molecule has 3 rings (SSSR count). The van der Waals surface area contributed by atoms with Crippen molar-refractivity contribution in [3.05, 3.63) is 64.4 Å². The van der Waals surface area contributed by atoms with E-state index in [-0.39, 0.29) is 28.4 Å². The predicted molar refractivity (Wildman–Crippen MR) is 109 cm³/mol. The second-order valence-corrected chi connectivity index (χ2v) is 7.31. The maximum Gasteiger partial charge on any atom is 0.258 e. The molecule has 0 aliphatic carbocycles. The van der Waals surface area contributed by atoms with Crippen molar-refractivity contribution in [1.82, 2.24) is 10.2 Å². The lowest BCUT2D eigenvalue weighted by Crippen LogP contribution is -2.46. The van der Waals surface area contributed by atoms with Crippen LogP contribution in [0.3, 0.4) is 0 Å². The van der Waals surface area contributed by atoms with Gasteiger partial charge >= 0.3 is 0 Å². The minimum atomic E-state index is -0.642. The second kappa shape index (κ2) is 9.05. The number of anilines is 1. The minimum Gasteiger partial charge on any atom is -0.349 e. The van der Waals surface area contributed by atoms with Crippen LogP contribution in [-0.2, 0) is 4.79 Å². The molecule has 0 radical (unpaired) electrons. The Morgan fingerprint density at radius 3 is 2.45 bits per heavy atom. The molecule has 0 spiro atoms. The Labute approximate surface area is 173 Å². The number of nitrogens with one attached hydrogen (secondary N) is 2. The molecule has 152 valence electrons. The number of benzene rings is 2. The third-order valence-electron chi connectivity index (χ3n) is 4.74. The summed E-state index contributed by atoms with van der Waals surface area (Å²) in [5, 5.41) is 5.68. The number of halogens is 2. The second-order valence-electron chi connectivity index (χ2n) is 6.90. The van der Waals surface area contributed by atoms with Crippen LogP contribution >= 0.6 is 11.6 Å². The maximum absolute atomic E-state index is 14.0. The molecule has 0 bridgehead atoms. The molecule has 2 aromatic carbocycles. The summed E-state index contributed by atoms with van der Waals surface area (Å²) in [6.07, 6.45) is 1.10. The molecule has 6 nitrogen and oxygen atoms in total. The number of carbonyl (C=O) groups excluding carboxylic acids is 3. The first kappa shape index (κ1) is 20.8. The van der Waals surface area contributed by atoms with Gasteiger partial charge in [0, 0.05) is 37.3 Å². The first-order valence-corrected chi connectivity index (χ1v) is 9.64. The van der Waals surface area contributed by atoms with E-state index < -0.39 is 11.7 Å². The number of carbonyl (C=O) groups is 3. The van der Waals surface area contributed by atoms with Crippen molar-refractivity contribution in [3.8, 4) is 0 Å². The Balaban J connectivity index is 1.58. The molecule has 8 heteroatoms. The number of nitrogens with zero attached hydrogens (tertiary/aromatic N) is 1. The van der Waals surface area contributed by atoms with Crippen molar-refractivity contribution in [2.24, 2.45) is 0 Å². The SMILES string of the molecule is CC(=O)Nc1cccc(C(=O)NC2CCN(C(=O)c3c(F)cccc3Cl)CC2)c1. The van der Waals surface area contributed by atoms with E-state index in [9.17, 15) is 18.8 Å². The fraction of sp³-hybridized carbons (Fsp3) is 0.286. The third kappa shape index (κ3) is 5.12. The highest BCUT2D eigenvalue weighted by Gasteiger charge is 2.27. The first-order valence-electron chi connectivity index (χ1n) is 9.27. The molecule has 2 N–H and O–H groups in total. The summed E-state index contributed by atoms with van der Waals surface area (Å²) in [6, 6.07) is 10.7. The van der Waals surface area contributed by atoms with Crippen LogP contribution in [0.5, 0.6) is 0 Å². The Morgan fingerprint density at radius 1 is 1.10 bits per heavy atom. The zero-order valence-electron chi connectivity index (χ0n) is 15.9. The number of hydrogen-bond donors (Lipinski definition) is 2. The molecule has 1 saturated heterocycles. The van der Waals surface area contributed by atoms with Crippen molar-refractivity contribution in [3.63, 3.8) is 0 Å². The van der Waals surface area contributed by atoms with Crippen LogP contribution in [0.1, 0.15) is 40.5 Å². The van der Waals surface area contributed by atoms with Gasteiger partial charge in [-0.05, 0) is 43.2 Å². The van der Waals surface area contributed by atoms with Crippen LogP contribution in [0.4, 0.5) is 10.1 Å². The molecule has 0 unspecified atom stereocenters. The number of likely N-dealkylation sites (tertiary alicyclic amines) is 1. The van der Waals surface area contributed by atoms with Gasteiger partial charge in [0.25, 0.3) is 11.8 Å². The molecule has 1 fully saturated rings. The summed E-state index contributed by atoms with van der Waals surface area (Å²) in [5.74, 6) is -1.55. The van der Waals surface area contributed by atoms with Gasteiger partial charge in [-0.3, -0.25) is 14.4 Å². The van der Waals surface area contributed by atoms with Crippen LogP contribution in [-0.4, -0.2) is 41.8 Å². The third-order valence-corrected chi connectivity index (χ3v) is 5.05. The van der Waals surface area contributed by atoms with Crippen molar-refractivity contribution in [2.75, 3.05) is 18.4 Å². The molecular formula is C21H21ClFN3O3. The average Bonchev–Trinajstić information content (AvgIpc) is 2.68. The summed E-state index contributed by atoms with van der Waals surface area (Å²) in [7, 11) is 0. The van der Waals surface area contributed by atoms with Crippen LogP contribution in [0, 0.1) is 5.82 Å². The van der Waals surface area contributed by atoms with Crippen molar-refractivity contribution in [1.29, 1.82) is 0 Å². The van der Waals surface area contributed by atoms with Gasteiger partial charge in [-0.2, -0.15) is 0 Å². The lowest BCUT2D eigenvalue weighted by molar-refractivity contribution is -0.114. The largest absolute Gasteiger partial charge is 0.349 e. The lowest BCUT2D eigenvalue weighted by Gasteiger charge is -2.32. The molecule has 0 saturated carbocycles. The topological polar surface area (TPSA) is 78.5 Å². The van der Waals surface area contributed by atoms with Gasteiger partial charge in [-0.15, -0.1) is 0 Å². The van der Waals surface area contributed by atoms with Crippen molar-refractivity contribution >= 4 is 35.0 Å². The molecular weight excluding hydrogens is 397 g/mol. The highest BCUT2D eigenvalue weighted by molar-refractivity contribution is 6.33. The maximum atomic E-state index is 14.0. The number of amides is 3. The summed E-state index contributed by atoms with van der Waals surface area (Å²) in [6.45, 7) is 2.18. The highest BCUT2D eigenvalue weighted by Crippen LogP contribution is 2.23. The van der Waals surface area contributed by atoms with E-state index in [1.165, 1.54) is 25.1 Å². The normalized spacial score (nSPS) is 14.4. The van der Waals surface area contributed by atoms with Gasteiger partial charge in [0.2, 0.25) is 5.91 Å². The molecule has 3 amide bonds. The summed E-state index contributed by atoms with van der Waals surface area (Å²) in [4.78, 5) is 37.8. The van der Waals surface area contributed by atoms with E-state index in [1.807, 2.05) is 0 Å². The summed E-state index contributed by atoms with van der Waals surface area (Å²) >= 11 is 5.98. The van der Waals surface area contributed by atoms with E-state index in [0.29, 0.717) is 37.2 Å². The van der Waals surface area contributed by atoms with Gasteiger partial charge in [0.1, 0.15) is 5.82 Å². The number of rotatable bonds is 4. The summed E-state index contributed by atoms with van der Waals surface area (Å²) in [5.41, 5.74) is 0.867. The molecule has 1 heterocycles. The Kier molecular flexibility index (Phi) is 6.49. The number of piperidine rings is 1. The monoisotopic (exact) mass is 417 g/mol. The van der Waals surface area contributed by atoms with E-state index in [1.54, 1.807) is 29.2 Å². The minimum absolute atomic E-state index is 0.0875. The van der Waals surface area contributed by atoms with Crippen LogP contribution in [0.25, 0.3) is 0 Å². The van der Waals surface area contributed by atoms with E-state index in [4.69, 9.17) is 11.6 Å². The van der Waals surface area contributed by atoms with Gasteiger partial charge in [0.15, 0.2) is 0 Å². The predicted octanol–water partition coefficient (Wildman–Crippen LogP) is 3.47. The van der Waals surface area contributed by atoms with Gasteiger partial charge in [-0.1, -0.05) is 23.7 Å². The highest BCUT2D eigenvalue weighted by atomic mass is 35.5. The van der Waals surface area contributed by atoms with E-state index in [0.717, 1.165) is 0 Å². The van der Waals surface area contributed by atoms with Gasteiger partial charge in [-0.25, -0.2) is 4.39 Å².